The van der Waals surface area contributed by atoms with Crippen LogP contribution in [-0.2, 0) is 0 Å². The fourth-order valence-corrected chi connectivity index (χ4v) is 1.88. The first-order valence-corrected chi connectivity index (χ1v) is 5.68. The molecule has 2 aromatic rings. The Hall–Kier alpha value is -2.14. The molecule has 2 rings (SSSR count). The van der Waals surface area contributed by atoms with E-state index < -0.39 is 11.9 Å². The number of ether oxygens (including phenoxy) is 2. The van der Waals surface area contributed by atoms with Crippen molar-refractivity contribution in [2.24, 2.45) is 0 Å². The van der Waals surface area contributed by atoms with Crippen LogP contribution < -0.4 is 9.47 Å². The summed E-state index contributed by atoms with van der Waals surface area (Å²) in [5.41, 5.74) is 0.287. The van der Waals surface area contributed by atoms with Crippen LogP contribution in [0.3, 0.4) is 0 Å². The zero-order valence-corrected chi connectivity index (χ0v) is 10.6. The molecule has 1 atom stereocenters. The summed E-state index contributed by atoms with van der Waals surface area (Å²) in [4.78, 5) is 4.05. The highest BCUT2D eigenvalue weighted by Crippen LogP contribution is 2.34. The summed E-state index contributed by atoms with van der Waals surface area (Å²) in [5, 5.41) is 10.3. The van der Waals surface area contributed by atoms with Crippen molar-refractivity contribution in [2.45, 2.75) is 6.10 Å². The number of nitrogens with zero attached hydrogens (tertiary/aromatic N) is 1. The third-order valence-electron chi connectivity index (χ3n) is 2.78. The van der Waals surface area contributed by atoms with Gasteiger partial charge in [-0.3, -0.25) is 4.98 Å². The molecule has 0 aliphatic rings. The molecule has 0 aliphatic carbocycles. The average Bonchev–Trinajstić information content (AvgIpc) is 2.46. The Morgan fingerprint density at radius 3 is 2.47 bits per heavy atom. The molecule has 4 nitrogen and oxygen atoms in total. The Kier molecular flexibility index (Phi) is 3.97. The number of benzene rings is 1. The molecule has 0 spiro atoms. The Morgan fingerprint density at radius 2 is 1.79 bits per heavy atom. The number of aliphatic hydroxyl groups is 1. The minimum atomic E-state index is -1.26. The zero-order valence-electron chi connectivity index (χ0n) is 10.6. The van der Waals surface area contributed by atoms with Crippen molar-refractivity contribution in [2.75, 3.05) is 14.2 Å². The normalized spacial score (nSPS) is 12.0. The molecule has 5 heteroatoms. The number of methoxy groups -OCH3 is 2. The predicted octanol–water partition coefficient (Wildman–Crippen LogP) is 2.32. The number of hydrogen-bond acceptors (Lipinski definition) is 4. The van der Waals surface area contributed by atoms with Crippen LogP contribution in [0.15, 0.2) is 36.5 Å². The quantitative estimate of drug-likeness (QED) is 0.919. The van der Waals surface area contributed by atoms with E-state index in [4.69, 9.17) is 9.47 Å². The highest BCUT2D eigenvalue weighted by Gasteiger charge is 2.23. The fourth-order valence-electron chi connectivity index (χ4n) is 1.88. The molecular weight excluding hydrogens is 249 g/mol. The Morgan fingerprint density at radius 1 is 1.11 bits per heavy atom. The standard InChI is InChI=1S/C14H14FNO3/c1-18-10-6-3-5-9(15)12(10)14(17)13-11(19-2)7-4-8-16-13/h3-8,14,17H,1-2H3. The molecule has 0 fully saturated rings. The first-order chi connectivity index (χ1) is 9.19. The minimum Gasteiger partial charge on any atom is -0.496 e. The molecule has 1 unspecified atom stereocenters. The van der Waals surface area contributed by atoms with Crippen molar-refractivity contribution in [1.82, 2.24) is 4.98 Å². The number of halogens is 1. The van der Waals surface area contributed by atoms with E-state index in [1.807, 2.05) is 0 Å². The van der Waals surface area contributed by atoms with Gasteiger partial charge in [0.2, 0.25) is 0 Å². The van der Waals surface area contributed by atoms with Gasteiger partial charge in [-0.2, -0.15) is 0 Å². The molecule has 0 saturated carbocycles. The monoisotopic (exact) mass is 263 g/mol. The van der Waals surface area contributed by atoms with E-state index in [1.54, 1.807) is 18.2 Å². The maximum atomic E-state index is 13.9. The van der Waals surface area contributed by atoms with Gasteiger partial charge < -0.3 is 14.6 Å². The van der Waals surface area contributed by atoms with Crippen molar-refractivity contribution >= 4 is 0 Å². The lowest BCUT2D eigenvalue weighted by atomic mass is 10.0. The van der Waals surface area contributed by atoms with Crippen LogP contribution in [0.1, 0.15) is 17.4 Å². The van der Waals surface area contributed by atoms with Gasteiger partial charge in [0.15, 0.2) is 0 Å². The second-order valence-electron chi connectivity index (χ2n) is 3.85. The number of rotatable bonds is 4. The fraction of sp³-hybridized carbons (Fsp3) is 0.214. The first-order valence-electron chi connectivity index (χ1n) is 5.68. The van der Waals surface area contributed by atoms with Crippen molar-refractivity contribution < 1.29 is 19.0 Å². The van der Waals surface area contributed by atoms with Gasteiger partial charge in [0.1, 0.15) is 29.1 Å². The zero-order chi connectivity index (χ0) is 13.8. The Labute approximate surface area is 110 Å². The maximum absolute atomic E-state index is 13.9. The van der Waals surface area contributed by atoms with Crippen LogP contribution >= 0.6 is 0 Å². The van der Waals surface area contributed by atoms with E-state index in [1.165, 1.54) is 32.5 Å². The summed E-state index contributed by atoms with van der Waals surface area (Å²) in [7, 11) is 2.88. The smallest absolute Gasteiger partial charge is 0.143 e. The summed E-state index contributed by atoms with van der Waals surface area (Å²) in [5.74, 6) is 0.0973. The van der Waals surface area contributed by atoms with Gasteiger partial charge in [0, 0.05) is 6.20 Å². The first kappa shape index (κ1) is 13.3. The van der Waals surface area contributed by atoms with Crippen LogP contribution in [0.25, 0.3) is 0 Å². The number of aliphatic hydroxyl groups excluding tert-OH is 1. The lowest BCUT2D eigenvalue weighted by molar-refractivity contribution is 0.199. The third kappa shape index (κ3) is 2.51. The predicted molar refractivity (Wildman–Crippen MR) is 67.8 cm³/mol. The van der Waals surface area contributed by atoms with Gasteiger partial charge in [0.25, 0.3) is 0 Å². The molecule has 1 N–H and O–H groups in total. The van der Waals surface area contributed by atoms with Gasteiger partial charge in [-0.15, -0.1) is 0 Å². The molecule has 1 aromatic heterocycles. The molecule has 1 heterocycles. The molecule has 0 radical (unpaired) electrons. The van der Waals surface area contributed by atoms with Crippen molar-refractivity contribution in [3.05, 3.63) is 53.6 Å². The topological polar surface area (TPSA) is 51.6 Å². The highest BCUT2D eigenvalue weighted by molar-refractivity contribution is 5.43. The van der Waals surface area contributed by atoms with Crippen LogP contribution in [0.4, 0.5) is 4.39 Å². The molecule has 0 amide bonds. The maximum Gasteiger partial charge on any atom is 0.143 e. The second-order valence-corrected chi connectivity index (χ2v) is 3.85. The van der Waals surface area contributed by atoms with Crippen LogP contribution in [-0.4, -0.2) is 24.3 Å². The Balaban J connectivity index is 2.52. The summed E-state index contributed by atoms with van der Waals surface area (Å²) in [6.07, 6.45) is 0.251. The summed E-state index contributed by atoms with van der Waals surface area (Å²) in [6, 6.07) is 7.68. The lowest BCUT2D eigenvalue weighted by Gasteiger charge is -2.17. The minimum absolute atomic E-state index is 0.0435. The van der Waals surface area contributed by atoms with E-state index in [2.05, 4.69) is 4.98 Å². The second kappa shape index (κ2) is 5.67. The molecule has 100 valence electrons. The van der Waals surface area contributed by atoms with Crippen molar-refractivity contribution in [1.29, 1.82) is 0 Å². The van der Waals surface area contributed by atoms with Crippen LogP contribution in [0.2, 0.25) is 0 Å². The molecule has 0 aliphatic heterocycles. The third-order valence-corrected chi connectivity index (χ3v) is 2.78. The number of pyridine rings is 1. The number of aromatic nitrogens is 1. The summed E-state index contributed by atoms with van der Waals surface area (Å²) in [6.45, 7) is 0. The van der Waals surface area contributed by atoms with Crippen LogP contribution in [0.5, 0.6) is 11.5 Å². The van der Waals surface area contributed by atoms with Gasteiger partial charge >= 0.3 is 0 Å². The molecule has 19 heavy (non-hydrogen) atoms. The van der Waals surface area contributed by atoms with E-state index in [-0.39, 0.29) is 17.0 Å². The molecular formula is C14H14FNO3. The van der Waals surface area contributed by atoms with Crippen LogP contribution in [0, 0.1) is 5.82 Å². The lowest BCUT2D eigenvalue weighted by Crippen LogP contribution is -2.08. The van der Waals surface area contributed by atoms with Crippen molar-refractivity contribution in [3.63, 3.8) is 0 Å². The highest BCUT2D eigenvalue weighted by atomic mass is 19.1. The molecule has 0 bridgehead atoms. The summed E-state index contributed by atoms with van der Waals surface area (Å²) >= 11 is 0. The number of hydrogen-bond donors (Lipinski definition) is 1. The van der Waals surface area contributed by atoms with Gasteiger partial charge in [-0.05, 0) is 24.3 Å². The molecule has 1 aromatic carbocycles. The van der Waals surface area contributed by atoms with Crippen molar-refractivity contribution in [3.8, 4) is 11.5 Å². The Bertz CT molecular complexity index is 574. The molecule has 0 saturated heterocycles. The average molecular weight is 263 g/mol. The SMILES string of the molecule is COc1cccnc1C(O)c1c(F)cccc1OC. The van der Waals surface area contributed by atoms with E-state index in [0.717, 1.165) is 0 Å². The largest absolute Gasteiger partial charge is 0.496 e. The van der Waals surface area contributed by atoms with E-state index in [0.29, 0.717) is 5.75 Å². The van der Waals surface area contributed by atoms with Gasteiger partial charge in [-0.25, -0.2) is 4.39 Å². The van der Waals surface area contributed by atoms with E-state index in [9.17, 15) is 9.50 Å². The van der Waals surface area contributed by atoms with Gasteiger partial charge in [-0.1, -0.05) is 6.07 Å². The van der Waals surface area contributed by atoms with E-state index >= 15 is 0 Å². The summed E-state index contributed by atoms with van der Waals surface area (Å²) < 4.78 is 24.1. The van der Waals surface area contributed by atoms with Gasteiger partial charge in [0.05, 0.1) is 19.8 Å².